The highest BCUT2D eigenvalue weighted by Gasteiger charge is 2.50. The van der Waals surface area contributed by atoms with Gasteiger partial charge in [-0.3, -0.25) is 14.6 Å². The fourth-order valence-corrected chi connectivity index (χ4v) is 5.44. The molecule has 2 fully saturated rings. The number of carbonyl (C=O) groups is 2. The van der Waals surface area contributed by atoms with Crippen molar-refractivity contribution in [3.05, 3.63) is 59.9 Å². The van der Waals surface area contributed by atoms with Crippen molar-refractivity contribution < 1.29 is 14.3 Å². The van der Waals surface area contributed by atoms with Crippen LogP contribution in [-0.2, 0) is 20.4 Å². The van der Waals surface area contributed by atoms with Crippen LogP contribution < -0.4 is 10.1 Å². The lowest BCUT2D eigenvalue weighted by Gasteiger charge is -2.44. The lowest BCUT2D eigenvalue weighted by atomic mass is 9.73. The number of aromatic nitrogens is 1. The van der Waals surface area contributed by atoms with Gasteiger partial charge in [-0.1, -0.05) is 31.0 Å². The van der Waals surface area contributed by atoms with Crippen molar-refractivity contribution in [3.63, 3.8) is 0 Å². The molecular formula is C25H31N3O3. The molecule has 164 valence electrons. The van der Waals surface area contributed by atoms with Crippen LogP contribution in [0.1, 0.15) is 49.8 Å². The van der Waals surface area contributed by atoms with E-state index in [1.54, 1.807) is 20.4 Å². The van der Waals surface area contributed by atoms with Crippen molar-refractivity contribution in [2.45, 2.75) is 49.4 Å². The summed E-state index contributed by atoms with van der Waals surface area (Å²) < 4.78 is 5.31. The summed E-state index contributed by atoms with van der Waals surface area (Å²) in [5.41, 5.74) is 0.438. The Bertz CT molecular complexity index is 923. The Morgan fingerprint density at radius 1 is 1.00 bits per heavy atom. The highest BCUT2D eigenvalue weighted by Crippen LogP contribution is 2.44. The van der Waals surface area contributed by atoms with E-state index in [1.165, 1.54) is 0 Å². The van der Waals surface area contributed by atoms with Crippen molar-refractivity contribution in [3.8, 4) is 5.75 Å². The third kappa shape index (κ3) is 3.68. The molecule has 0 bridgehead atoms. The van der Waals surface area contributed by atoms with Gasteiger partial charge in [0.05, 0.1) is 18.2 Å². The van der Waals surface area contributed by atoms with E-state index in [1.807, 2.05) is 47.4 Å². The molecule has 1 aromatic carbocycles. The minimum Gasteiger partial charge on any atom is -0.497 e. The molecule has 2 heterocycles. The Labute approximate surface area is 184 Å². The molecule has 1 atom stereocenters. The first-order valence-electron chi connectivity index (χ1n) is 11.1. The number of nitrogens with one attached hydrogen (secondary N) is 1. The van der Waals surface area contributed by atoms with Crippen LogP contribution in [-0.4, -0.2) is 48.9 Å². The fourth-order valence-electron chi connectivity index (χ4n) is 5.44. The van der Waals surface area contributed by atoms with Gasteiger partial charge in [0.15, 0.2) is 0 Å². The standard InChI is InChI=1S/C25H31N3O3/c1-26-22(29)25(21-8-3-6-16-27-21)15-7-17-28(18-25)23(30)24(13-4-5-14-24)19-9-11-20(31-2)12-10-19/h3,6,8-12,16H,4-5,7,13-15,17-18H2,1-2H3,(H,26,29)/t25-/m1/s1. The van der Waals surface area contributed by atoms with E-state index < -0.39 is 10.8 Å². The summed E-state index contributed by atoms with van der Waals surface area (Å²) >= 11 is 0. The number of ether oxygens (including phenoxy) is 1. The fraction of sp³-hybridized carbons (Fsp3) is 0.480. The Morgan fingerprint density at radius 2 is 1.71 bits per heavy atom. The monoisotopic (exact) mass is 421 g/mol. The van der Waals surface area contributed by atoms with Gasteiger partial charge in [0.2, 0.25) is 11.8 Å². The molecule has 6 nitrogen and oxygen atoms in total. The number of likely N-dealkylation sites (N-methyl/N-ethyl adjacent to an activating group) is 1. The van der Waals surface area contributed by atoms with Crippen LogP contribution in [0.2, 0.25) is 0 Å². The number of benzene rings is 1. The number of hydrogen-bond acceptors (Lipinski definition) is 4. The predicted octanol–water partition coefficient (Wildman–Crippen LogP) is 3.21. The van der Waals surface area contributed by atoms with Crippen LogP contribution in [0.25, 0.3) is 0 Å². The average Bonchev–Trinajstić information content (AvgIpc) is 3.35. The molecule has 0 spiro atoms. The first-order valence-corrected chi connectivity index (χ1v) is 11.1. The second kappa shape index (κ2) is 8.69. The Morgan fingerprint density at radius 3 is 2.32 bits per heavy atom. The molecule has 1 aliphatic carbocycles. The molecule has 1 aliphatic heterocycles. The lowest BCUT2D eigenvalue weighted by molar-refractivity contribution is -0.142. The number of hydrogen-bond donors (Lipinski definition) is 1. The SMILES string of the molecule is CNC(=O)[C@]1(c2ccccn2)CCCN(C(=O)C2(c3ccc(OC)cc3)CCCC2)C1. The topological polar surface area (TPSA) is 71.5 Å². The zero-order chi connectivity index (χ0) is 21.9. The zero-order valence-electron chi connectivity index (χ0n) is 18.4. The van der Waals surface area contributed by atoms with Gasteiger partial charge >= 0.3 is 0 Å². The van der Waals surface area contributed by atoms with E-state index in [2.05, 4.69) is 10.3 Å². The summed E-state index contributed by atoms with van der Waals surface area (Å²) in [6, 6.07) is 13.6. The molecular weight excluding hydrogens is 390 g/mol. The Kier molecular flexibility index (Phi) is 5.99. The van der Waals surface area contributed by atoms with Crippen molar-refractivity contribution in [2.24, 2.45) is 0 Å². The molecule has 4 rings (SSSR count). The third-order valence-corrected chi connectivity index (χ3v) is 7.11. The largest absolute Gasteiger partial charge is 0.497 e. The van der Waals surface area contributed by atoms with E-state index in [-0.39, 0.29) is 11.8 Å². The normalized spacial score (nSPS) is 22.7. The van der Waals surface area contributed by atoms with Crippen LogP contribution in [0, 0.1) is 0 Å². The number of pyridine rings is 1. The quantitative estimate of drug-likeness (QED) is 0.805. The van der Waals surface area contributed by atoms with Crippen LogP contribution in [0.3, 0.4) is 0 Å². The number of rotatable bonds is 5. The number of methoxy groups -OCH3 is 1. The number of amides is 2. The first kappa shape index (κ1) is 21.3. The molecule has 1 saturated heterocycles. The molecule has 2 amide bonds. The summed E-state index contributed by atoms with van der Waals surface area (Å²) in [5, 5.41) is 2.83. The van der Waals surface area contributed by atoms with Gasteiger partial charge < -0.3 is 15.0 Å². The van der Waals surface area contributed by atoms with Gasteiger partial charge in [-0.2, -0.15) is 0 Å². The maximum absolute atomic E-state index is 14.0. The third-order valence-electron chi connectivity index (χ3n) is 7.11. The molecule has 1 aromatic heterocycles. The molecule has 1 N–H and O–H groups in total. The second-order valence-corrected chi connectivity index (χ2v) is 8.72. The molecule has 31 heavy (non-hydrogen) atoms. The number of piperidine rings is 1. The zero-order valence-corrected chi connectivity index (χ0v) is 18.4. The van der Waals surface area contributed by atoms with Gasteiger partial charge in [0.1, 0.15) is 11.2 Å². The average molecular weight is 422 g/mol. The maximum atomic E-state index is 14.0. The lowest BCUT2D eigenvalue weighted by Crippen LogP contribution is -2.58. The minimum absolute atomic E-state index is 0.0754. The van der Waals surface area contributed by atoms with Crippen LogP contribution in [0.15, 0.2) is 48.7 Å². The molecule has 0 unspecified atom stereocenters. The molecule has 0 radical (unpaired) electrons. The van der Waals surface area contributed by atoms with Gasteiger partial charge in [0, 0.05) is 26.3 Å². The predicted molar refractivity (Wildman–Crippen MR) is 119 cm³/mol. The van der Waals surface area contributed by atoms with Gasteiger partial charge in [-0.25, -0.2) is 0 Å². The molecule has 2 aromatic rings. The highest BCUT2D eigenvalue weighted by atomic mass is 16.5. The van der Waals surface area contributed by atoms with Crippen LogP contribution in [0.4, 0.5) is 0 Å². The first-order chi connectivity index (χ1) is 15.1. The Balaban J connectivity index is 1.68. The summed E-state index contributed by atoms with van der Waals surface area (Å²) in [4.78, 5) is 33.6. The van der Waals surface area contributed by atoms with E-state index in [4.69, 9.17) is 4.74 Å². The van der Waals surface area contributed by atoms with Crippen molar-refractivity contribution in [2.75, 3.05) is 27.2 Å². The smallest absolute Gasteiger partial charge is 0.233 e. The Hall–Kier alpha value is -2.89. The molecule has 2 aliphatic rings. The van der Waals surface area contributed by atoms with Crippen molar-refractivity contribution in [1.82, 2.24) is 15.2 Å². The van der Waals surface area contributed by atoms with E-state index in [0.29, 0.717) is 19.5 Å². The van der Waals surface area contributed by atoms with E-state index >= 15 is 0 Å². The van der Waals surface area contributed by atoms with Crippen LogP contribution >= 0.6 is 0 Å². The highest BCUT2D eigenvalue weighted by molar-refractivity contribution is 5.92. The second-order valence-electron chi connectivity index (χ2n) is 8.72. The van der Waals surface area contributed by atoms with Crippen molar-refractivity contribution >= 4 is 11.8 Å². The van der Waals surface area contributed by atoms with Gasteiger partial charge in [-0.15, -0.1) is 0 Å². The van der Waals surface area contributed by atoms with E-state index in [9.17, 15) is 9.59 Å². The summed E-state index contributed by atoms with van der Waals surface area (Å²) in [6.45, 7) is 1.03. The van der Waals surface area contributed by atoms with Crippen LogP contribution in [0.5, 0.6) is 5.75 Å². The number of nitrogens with zero attached hydrogens (tertiary/aromatic N) is 2. The van der Waals surface area contributed by atoms with Gasteiger partial charge in [-0.05, 0) is 55.5 Å². The maximum Gasteiger partial charge on any atom is 0.233 e. The van der Waals surface area contributed by atoms with Crippen molar-refractivity contribution in [1.29, 1.82) is 0 Å². The summed E-state index contributed by atoms with van der Waals surface area (Å²) in [7, 11) is 3.30. The molecule has 1 saturated carbocycles. The summed E-state index contributed by atoms with van der Waals surface area (Å²) in [5.74, 6) is 0.851. The molecule has 6 heteroatoms. The van der Waals surface area contributed by atoms with E-state index in [0.717, 1.165) is 49.1 Å². The van der Waals surface area contributed by atoms with Gasteiger partial charge in [0.25, 0.3) is 0 Å². The summed E-state index contributed by atoms with van der Waals surface area (Å²) in [6.07, 6.45) is 6.92. The number of likely N-dealkylation sites (tertiary alicyclic amines) is 1. The number of carbonyl (C=O) groups excluding carboxylic acids is 2. The minimum atomic E-state index is -0.816.